The maximum Gasteiger partial charge on any atom is 0.393 e. The van der Waals surface area contributed by atoms with E-state index in [2.05, 4.69) is 9.97 Å². The second-order valence-electron chi connectivity index (χ2n) is 6.12. The summed E-state index contributed by atoms with van der Waals surface area (Å²) in [6, 6.07) is 5.88. The van der Waals surface area contributed by atoms with E-state index >= 15 is 0 Å². The number of thioether (sulfide) groups is 1. The molecule has 140 valence electrons. The van der Waals surface area contributed by atoms with Gasteiger partial charge in [-0.05, 0) is 42.7 Å². The first-order valence-electron chi connectivity index (χ1n) is 8.11. The molecule has 4 nitrogen and oxygen atoms in total. The summed E-state index contributed by atoms with van der Waals surface area (Å²) in [6.45, 7) is 0.0762. The van der Waals surface area contributed by atoms with Crippen molar-refractivity contribution < 1.29 is 22.4 Å². The van der Waals surface area contributed by atoms with Crippen LogP contribution in [-0.4, -0.2) is 45.8 Å². The van der Waals surface area contributed by atoms with E-state index in [1.54, 1.807) is 18.3 Å². The van der Waals surface area contributed by atoms with Gasteiger partial charge in [-0.2, -0.15) is 13.2 Å². The lowest BCUT2D eigenvalue weighted by molar-refractivity contribution is -0.187. The summed E-state index contributed by atoms with van der Waals surface area (Å²) in [4.78, 5) is 20.7. The molecule has 2 aromatic rings. The van der Waals surface area contributed by atoms with Crippen molar-refractivity contribution in [2.45, 2.75) is 24.2 Å². The van der Waals surface area contributed by atoms with Crippen LogP contribution in [0.25, 0.3) is 11.3 Å². The molecule has 9 heteroatoms. The summed E-state index contributed by atoms with van der Waals surface area (Å²) >= 11 is 1.14. The van der Waals surface area contributed by atoms with E-state index in [9.17, 15) is 22.4 Å². The highest BCUT2D eigenvalue weighted by molar-refractivity contribution is 7.99. The topological polar surface area (TPSA) is 49.0 Å². The zero-order valence-electron chi connectivity index (χ0n) is 13.7. The Kier molecular flexibility index (Phi) is 5.55. The number of amides is 1. The van der Waals surface area contributed by atoms with Crippen LogP contribution in [0.2, 0.25) is 0 Å². The number of carbonyl (C=O) groups is 1. The van der Waals surface area contributed by atoms with E-state index in [4.69, 9.17) is 0 Å². The van der Waals surface area contributed by atoms with Crippen molar-refractivity contribution >= 4 is 17.7 Å². The van der Waals surface area contributed by atoms with E-state index in [1.807, 2.05) is 0 Å². The van der Waals surface area contributed by atoms with E-state index in [1.165, 1.54) is 17.0 Å². The molecule has 1 N–H and O–H groups in total. The summed E-state index contributed by atoms with van der Waals surface area (Å²) in [5.74, 6) is -2.10. The minimum atomic E-state index is -4.27. The van der Waals surface area contributed by atoms with Gasteiger partial charge in [0.25, 0.3) is 0 Å². The number of hydrogen-bond acceptors (Lipinski definition) is 3. The highest BCUT2D eigenvalue weighted by atomic mass is 32.2. The molecule has 1 saturated heterocycles. The average Bonchev–Trinajstić information content (AvgIpc) is 3.08. The maximum absolute atomic E-state index is 13.0. The molecule has 3 rings (SSSR count). The number of carbonyl (C=O) groups excluding carboxylic acids is 1. The summed E-state index contributed by atoms with van der Waals surface area (Å²) in [5, 5.41) is 0.488. The number of hydrogen-bond donors (Lipinski definition) is 1. The van der Waals surface area contributed by atoms with Crippen LogP contribution in [0, 0.1) is 11.7 Å². The Bertz CT molecular complexity index is 760. The van der Waals surface area contributed by atoms with Crippen molar-refractivity contribution in [3.8, 4) is 11.3 Å². The molecule has 1 aliphatic heterocycles. The highest BCUT2D eigenvalue weighted by Gasteiger charge is 2.42. The third kappa shape index (κ3) is 4.57. The Balaban J connectivity index is 1.56. The summed E-state index contributed by atoms with van der Waals surface area (Å²) in [6.07, 6.45) is -2.27. The molecule has 2 heterocycles. The molecule has 0 unspecified atom stereocenters. The molecule has 1 aliphatic rings. The van der Waals surface area contributed by atoms with E-state index < -0.39 is 12.1 Å². The molecule has 26 heavy (non-hydrogen) atoms. The SMILES string of the molecule is O=C(CSc1ncc(-c2ccc(F)cc2)[nH]1)N1CCC[C@H](C(F)(F)F)C1. The summed E-state index contributed by atoms with van der Waals surface area (Å²) in [5.41, 5.74) is 1.43. The third-order valence-electron chi connectivity index (χ3n) is 4.28. The average molecular weight is 387 g/mol. The van der Waals surface area contributed by atoms with Crippen molar-refractivity contribution in [2.75, 3.05) is 18.8 Å². The highest BCUT2D eigenvalue weighted by Crippen LogP contribution is 2.33. The monoisotopic (exact) mass is 387 g/mol. The molecule has 0 spiro atoms. The van der Waals surface area contributed by atoms with Gasteiger partial charge in [0.15, 0.2) is 5.16 Å². The number of aromatic nitrogens is 2. The first-order valence-corrected chi connectivity index (χ1v) is 9.10. The molecule has 1 amide bonds. The van der Waals surface area contributed by atoms with Crippen LogP contribution in [0.1, 0.15) is 12.8 Å². The smallest absolute Gasteiger partial charge is 0.341 e. The van der Waals surface area contributed by atoms with E-state index in [0.29, 0.717) is 23.8 Å². The lowest BCUT2D eigenvalue weighted by Gasteiger charge is -2.33. The Morgan fingerprint density at radius 3 is 2.73 bits per heavy atom. The number of nitrogens with zero attached hydrogens (tertiary/aromatic N) is 2. The fourth-order valence-corrected chi connectivity index (χ4v) is 3.60. The van der Waals surface area contributed by atoms with Crippen LogP contribution in [0.5, 0.6) is 0 Å². The minimum absolute atomic E-state index is 0.0148. The van der Waals surface area contributed by atoms with Crippen LogP contribution < -0.4 is 0 Å². The molecule has 1 atom stereocenters. The van der Waals surface area contributed by atoms with Crippen molar-refractivity contribution in [2.24, 2.45) is 5.92 Å². The number of likely N-dealkylation sites (tertiary alicyclic amines) is 1. The predicted octanol–water partition coefficient (Wildman–Crippen LogP) is 4.11. The van der Waals surface area contributed by atoms with Gasteiger partial charge < -0.3 is 9.88 Å². The quantitative estimate of drug-likeness (QED) is 0.635. The summed E-state index contributed by atoms with van der Waals surface area (Å²) < 4.78 is 51.5. The third-order valence-corrected chi connectivity index (χ3v) is 5.15. The number of aromatic amines is 1. The van der Waals surface area contributed by atoms with Gasteiger partial charge in [0.1, 0.15) is 5.82 Å². The Morgan fingerprint density at radius 2 is 2.04 bits per heavy atom. The standard InChI is InChI=1S/C17H17F4N3OS/c18-13-5-3-11(4-6-13)14-8-22-16(23-14)26-10-15(25)24-7-1-2-12(9-24)17(19,20)21/h3-6,8,12H,1-2,7,9-10H2,(H,22,23)/t12-/m0/s1. The van der Waals surface area contributed by atoms with Gasteiger partial charge in [-0.25, -0.2) is 9.37 Å². The number of benzene rings is 1. The Labute approximate surface area is 152 Å². The largest absolute Gasteiger partial charge is 0.393 e. The molecular weight excluding hydrogens is 370 g/mol. The van der Waals surface area contributed by atoms with Crippen LogP contribution in [-0.2, 0) is 4.79 Å². The normalized spacial score (nSPS) is 18.2. The van der Waals surface area contributed by atoms with E-state index in [-0.39, 0.29) is 30.4 Å². The zero-order chi connectivity index (χ0) is 18.7. The van der Waals surface area contributed by atoms with Gasteiger partial charge in [-0.15, -0.1) is 0 Å². The van der Waals surface area contributed by atoms with Crippen LogP contribution >= 0.6 is 11.8 Å². The minimum Gasteiger partial charge on any atom is -0.341 e. The second-order valence-corrected chi connectivity index (χ2v) is 7.08. The van der Waals surface area contributed by atoms with Crippen molar-refractivity contribution in [1.29, 1.82) is 0 Å². The molecule has 1 aromatic carbocycles. The molecule has 0 radical (unpaired) electrons. The molecular formula is C17H17F4N3OS. The molecule has 1 fully saturated rings. The van der Waals surface area contributed by atoms with Crippen molar-refractivity contribution in [3.63, 3.8) is 0 Å². The number of alkyl halides is 3. The Hall–Kier alpha value is -2.03. The first-order chi connectivity index (χ1) is 12.3. The predicted molar refractivity (Wildman–Crippen MR) is 90.1 cm³/mol. The van der Waals surface area contributed by atoms with Gasteiger partial charge in [0.05, 0.1) is 23.6 Å². The van der Waals surface area contributed by atoms with Gasteiger partial charge in [-0.3, -0.25) is 4.79 Å². The van der Waals surface area contributed by atoms with Crippen molar-refractivity contribution in [3.05, 3.63) is 36.3 Å². The fourth-order valence-electron chi connectivity index (χ4n) is 2.84. The number of H-pyrrole nitrogens is 1. The molecule has 0 aliphatic carbocycles. The number of imidazole rings is 1. The van der Waals surface area contributed by atoms with Gasteiger partial charge in [0, 0.05) is 13.1 Å². The number of piperidine rings is 1. The zero-order valence-corrected chi connectivity index (χ0v) is 14.5. The fraction of sp³-hybridized carbons (Fsp3) is 0.412. The molecule has 0 bridgehead atoms. The number of rotatable bonds is 4. The van der Waals surface area contributed by atoms with Gasteiger partial charge >= 0.3 is 6.18 Å². The summed E-state index contributed by atoms with van der Waals surface area (Å²) in [7, 11) is 0. The Morgan fingerprint density at radius 1 is 1.31 bits per heavy atom. The molecule has 1 aromatic heterocycles. The number of halogens is 4. The van der Waals surface area contributed by atoms with Gasteiger partial charge in [0.2, 0.25) is 5.91 Å². The second kappa shape index (κ2) is 7.69. The molecule has 0 saturated carbocycles. The number of nitrogens with one attached hydrogen (secondary N) is 1. The van der Waals surface area contributed by atoms with Crippen LogP contribution in [0.3, 0.4) is 0 Å². The lowest BCUT2D eigenvalue weighted by Crippen LogP contribution is -2.45. The lowest BCUT2D eigenvalue weighted by atomic mass is 9.97. The van der Waals surface area contributed by atoms with Crippen LogP contribution in [0.15, 0.2) is 35.6 Å². The van der Waals surface area contributed by atoms with Gasteiger partial charge in [-0.1, -0.05) is 11.8 Å². The van der Waals surface area contributed by atoms with E-state index in [0.717, 1.165) is 17.3 Å². The van der Waals surface area contributed by atoms with Crippen LogP contribution in [0.4, 0.5) is 17.6 Å². The maximum atomic E-state index is 13.0. The van der Waals surface area contributed by atoms with Crippen molar-refractivity contribution in [1.82, 2.24) is 14.9 Å². The first kappa shape index (κ1) is 18.8.